The zero-order valence-electron chi connectivity index (χ0n) is 20.4. The average Bonchev–Trinajstić information content (AvgIpc) is 2.72. The van der Waals surface area contributed by atoms with Gasteiger partial charge in [0.25, 0.3) is 0 Å². The van der Waals surface area contributed by atoms with Gasteiger partial charge in [-0.25, -0.2) is 4.79 Å². The van der Waals surface area contributed by atoms with Gasteiger partial charge in [0.1, 0.15) is 5.60 Å². The molecule has 2 aliphatic carbocycles. The van der Waals surface area contributed by atoms with Gasteiger partial charge in [0, 0.05) is 37.3 Å². The fourth-order valence-corrected chi connectivity index (χ4v) is 6.41. The van der Waals surface area contributed by atoms with Crippen molar-refractivity contribution in [3.63, 3.8) is 0 Å². The summed E-state index contributed by atoms with van der Waals surface area (Å²) in [4.78, 5) is 29.0. The number of nitrogens with two attached hydrogens (primary N) is 1. The Labute approximate surface area is 192 Å². The lowest BCUT2D eigenvalue weighted by atomic mass is 9.49. The number of primary amides is 1. The summed E-state index contributed by atoms with van der Waals surface area (Å²) in [6.45, 7) is 13.0. The molecule has 2 fully saturated rings. The second kappa shape index (κ2) is 7.96. The summed E-state index contributed by atoms with van der Waals surface area (Å²) in [6.07, 6.45) is 4.83. The Bertz CT molecular complexity index is 900. The van der Waals surface area contributed by atoms with Gasteiger partial charge in [-0.15, -0.1) is 0 Å². The summed E-state index contributed by atoms with van der Waals surface area (Å²) in [6, 6.07) is 6.86. The van der Waals surface area contributed by atoms with Crippen LogP contribution in [0.25, 0.3) is 0 Å². The molecule has 1 heterocycles. The Balaban J connectivity index is 1.54. The molecule has 1 aromatic carbocycles. The third-order valence-electron chi connectivity index (χ3n) is 8.20. The Morgan fingerprint density at radius 3 is 2.41 bits per heavy atom. The third-order valence-corrected chi connectivity index (χ3v) is 8.20. The monoisotopic (exact) mass is 441 g/mol. The summed E-state index contributed by atoms with van der Waals surface area (Å²) >= 11 is 0. The van der Waals surface area contributed by atoms with Crippen molar-refractivity contribution < 1.29 is 14.3 Å². The summed E-state index contributed by atoms with van der Waals surface area (Å²) in [5.41, 5.74) is 9.01. The molecule has 3 atom stereocenters. The van der Waals surface area contributed by atoms with Crippen LogP contribution in [-0.4, -0.2) is 48.7 Å². The number of hydrogen-bond donors (Lipinski definition) is 1. The first kappa shape index (κ1) is 22.9. The van der Waals surface area contributed by atoms with Gasteiger partial charge >= 0.3 is 6.09 Å². The van der Waals surface area contributed by atoms with Gasteiger partial charge in [0.15, 0.2) is 0 Å². The number of aryl methyl sites for hydroxylation is 1. The van der Waals surface area contributed by atoms with Crippen molar-refractivity contribution in [1.29, 1.82) is 0 Å². The number of ether oxygens (including phenoxy) is 1. The van der Waals surface area contributed by atoms with E-state index < -0.39 is 11.0 Å². The zero-order chi connectivity index (χ0) is 23.3. The fourth-order valence-electron chi connectivity index (χ4n) is 6.41. The van der Waals surface area contributed by atoms with Crippen molar-refractivity contribution in [2.24, 2.45) is 17.1 Å². The second-order valence-electron chi connectivity index (χ2n) is 11.4. The van der Waals surface area contributed by atoms with Gasteiger partial charge in [-0.2, -0.15) is 0 Å². The Morgan fingerprint density at radius 1 is 1.09 bits per heavy atom. The molecule has 0 unspecified atom stereocenters. The molecule has 4 rings (SSSR count). The molecule has 1 aliphatic heterocycles. The van der Waals surface area contributed by atoms with Gasteiger partial charge in [-0.1, -0.05) is 26.3 Å². The average molecular weight is 442 g/mol. The number of anilines is 1. The highest BCUT2D eigenvalue weighted by Gasteiger charge is 2.54. The fraction of sp³-hybridized carbons (Fsp3) is 0.692. The van der Waals surface area contributed by atoms with E-state index in [0.717, 1.165) is 45.2 Å². The minimum Gasteiger partial charge on any atom is -0.444 e. The van der Waals surface area contributed by atoms with Gasteiger partial charge in [0.2, 0.25) is 5.91 Å². The Kier molecular flexibility index (Phi) is 5.71. The molecular formula is C26H39N3O3. The first-order chi connectivity index (χ1) is 14.9. The number of carbonyl (C=O) groups excluding carboxylic acids is 2. The van der Waals surface area contributed by atoms with Crippen LogP contribution in [0.4, 0.5) is 10.5 Å². The van der Waals surface area contributed by atoms with Gasteiger partial charge in [-0.3, -0.25) is 4.79 Å². The van der Waals surface area contributed by atoms with Crippen LogP contribution in [-0.2, 0) is 21.4 Å². The van der Waals surface area contributed by atoms with E-state index in [0.29, 0.717) is 13.1 Å². The van der Waals surface area contributed by atoms with Crippen molar-refractivity contribution >= 4 is 17.7 Å². The second-order valence-corrected chi connectivity index (χ2v) is 11.4. The van der Waals surface area contributed by atoms with E-state index in [1.807, 2.05) is 20.8 Å². The van der Waals surface area contributed by atoms with E-state index in [1.54, 1.807) is 4.90 Å². The van der Waals surface area contributed by atoms with Crippen LogP contribution in [0.15, 0.2) is 18.2 Å². The first-order valence-electron chi connectivity index (χ1n) is 12.1. The number of carbonyl (C=O) groups is 2. The van der Waals surface area contributed by atoms with Crippen LogP contribution >= 0.6 is 0 Å². The molecule has 0 spiro atoms. The quantitative estimate of drug-likeness (QED) is 0.745. The summed E-state index contributed by atoms with van der Waals surface area (Å²) in [5, 5.41) is 0. The van der Waals surface area contributed by atoms with Crippen LogP contribution in [0, 0.1) is 11.3 Å². The Morgan fingerprint density at radius 2 is 1.78 bits per heavy atom. The summed E-state index contributed by atoms with van der Waals surface area (Å²) in [7, 11) is 0. The molecule has 6 heteroatoms. The SMILES string of the molecule is CC(C)(C)OC(=O)N1CCN(c2ccc3c(c2)[C@@]2(C)CCC[C@](C)(C(N)=O)[C@@H]2CC3)CC1. The van der Waals surface area contributed by atoms with Gasteiger partial charge in [-0.05, 0) is 81.0 Å². The minimum absolute atomic E-state index is 0.0238. The molecule has 0 radical (unpaired) electrons. The maximum absolute atomic E-state index is 12.4. The van der Waals surface area contributed by atoms with Crippen LogP contribution in [0.5, 0.6) is 0 Å². The predicted molar refractivity (Wildman–Crippen MR) is 127 cm³/mol. The lowest BCUT2D eigenvalue weighted by Gasteiger charge is -2.54. The van der Waals surface area contributed by atoms with E-state index in [1.165, 1.54) is 16.8 Å². The standard InChI is InChI=1S/C26H39N3O3/c1-24(2,3)32-23(31)29-15-13-28(14-16-29)19-9-7-18-8-10-21-25(4,20(18)17-19)11-6-12-26(21,5)22(27)30/h7,9,17,21H,6,8,10-16H2,1-5H3,(H2,27,30)/t21-,25-,26+/m1/s1. The lowest BCUT2D eigenvalue weighted by molar-refractivity contribution is -0.135. The maximum Gasteiger partial charge on any atom is 0.410 e. The Hall–Kier alpha value is -2.24. The van der Waals surface area contributed by atoms with Crippen LogP contribution in [0.1, 0.15) is 71.4 Å². The summed E-state index contributed by atoms with van der Waals surface area (Å²) < 4.78 is 5.53. The molecule has 1 saturated carbocycles. The maximum atomic E-state index is 12.4. The van der Waals surface area contributed by atoms with E-state index >= 15 is 0 Å². The molecule has 176 valence electrons. The molecule has 1 saturated heterocycles. The number of fused-ring (bicyclic) bond motifs is 3. The number of nitrogens with zero attached hydrogens (tertiary/aromatic N) is 2. The lowest BCUT2D eigenvalue weighted by Crippen LogP contribution is -2.54. The van der Waals surface area contributed by atoms with E-state index in [2.05, 4.69) is 36.9 Å². The van der Waals surface area contributed by atoms with Crippen molar-refractivity contribution in [3.05, 3.63) is 29.3 Å². The van der Waals surface area contributed by atoms with Gasteiger partial charge < -0.3 is 20.3 Å². The number of benzene rings is 1. The van der Waals surface area contributed by atoms with E-state index in [9.17, 15) is 9.59 Å². The number of hydrogen-bond acceptors (Lipinski definition) is 4. The van der Waals surface area contributed by atoms with E-state index in [4.69, 9.17) is 10.5 Å². The summed E-state index contributed by atoms with van der Waals surface area (Å²) in [5.74, 6) is 0.138. The van der Waals surface area contributed by atoms with Gasteiger partial charge in [0.05, 0.1) is 0 Å². The molecule has 2 amide bonds. The van der Waals surface area contributed by atoms with Crippen LogP contribution < -0.4 is 10.6 Å². The largest absolute Gasteiger partial charge is 0.444 e. The molecule has 0 aromatic heterocycles. The zero-order valence-corrected chi connectivity index (χ0v) is 20.4. The molecule has 1 aromatic rings. The molecule has 3 aliphatic rings. The smallest absolute Gasteiger partial charge is 0.410 e. The molecule has 32 heavy (non-hydrogen) atoms. The van der Waals surface area contributed by atoms with Crippen LogP contribution in [0.3, 0.4) is 0 Å². The first-order valence-corrected chi connectivity index (χ1v) is 12.1. The molecule has 2 N–H and O–H groups in total. The van der Waals surface area contributed by atoms with Crippen LogP contribution in [0.2, 0.25) is 0 Å². The highest BCUT2D eigenvalue weighted by molar-refractivity contribution is 5.81. The third kappa shape index (κ3) is 3.97. The van der Waals surface area contributed by atoms with Crippen molar-refractivity contribution in [2.75, 3.05) is 31.1 Å². The topological polar surface area (TPSA) is 75.9 Å². The van der Waals surface area contributed by atoms with E-state index in [-0.39, 0.29) is 23.3 Å². The number of piperazine rings is 1. The van der Waals surface area contributed by atoms with Crippen molar-refractivity contribution in [2.45, 2.75) is 77.7 Å². The number of rotatable bonds is 2. The normalized spacial score (nSPS) is 30.3. The van der Waals surface area contributed by atoms with Crippen molar-refractivity contribution in [1.82, 2.24) is 4.90 Å². The minimum atomic E-state index is -0.474. The highest BCUT2D eigenvalue weighted by atomic mass is 16.6. The highest BCUT2D eigenvalue weighted by Crippen LogP contribution is 2.57. The predicted octanol–water partition coefficient (Wildman–Crippen LogP) is 4.24. The molecule has 0 bridgehead atoms. The van der Waals surface area contributed by atoms with Crippen molar-refractivity contribution in [3.8, 4) is 0 Å². The molecule has 6 nitrogen and oxygen atoms in total. The molecular weight excluding hydrogens is 402 g/mol. The number of amides is 2.